The minimum absolute atomic E-state index is 0.00236. The molecule has 1 aromatic heterocycles. The summed E-state index contributed by atoms with van der Waals surface area (Å²) in [6.07, 6.45) is 1.68. The minimum Gasteiger partial charge on any atom is -0.496 e. The summed E-state index contributed by atoms with van der Waals surface area (Å²) < 4.78 is 12.0. The maximum atomic E-state index is 5.51. The highest BCUT2D eigenvalue weighted by molar-refractivity contribution is 9.10. The number of benzene rings is 1. The molecule has 4 heteroatoms. The average molecular weight is 310 g/mol. The number of ether oxygens (including phenoxy) is 1. The van der Waals surface area contributed by atoms with Gasteiger partial charge in [0.1, 0.15) is 11.5 Å². The van der Waals surface area contributed by atoms with Gasteiger partial charge in [0, 0.05) is 10.0 Å². The number of hydrogen-bond donors (Lipinski definition) is 1. The van der Waals surface area contributed by atoms with Crippen molar-refractivity contribution < 1.29 is 9.15 Å². The van der Waals surface area contributed by atoms with Crippen molar-refractivity contribution in [1.82, 2.24) is 5.32 Å². The fourth-order valence-electron chi connectivity index (χ4n) is 1.95. The van der Waals surface area contributed by atoms with Crippen LogP contribution in [0.3, 0.4) is 0 Å². The van der Waals surface area contributed by atoms with E-state index in [1.807, 2.05) is 24.3 Å². The van der Waals surface area contributed by atoms with Gasteiger partial charge in [-0.3, -0.25) is 0 Å². The van der Waals surface area contributed by atoms with Crippen LogP contribution in [0, 0.1) is 0 Å². The molecule has 0 saturated carbocycles. The van der Waals surface area contributed by atoms with Crippen LogP contribution in [0.4, 0.5) is 0 Å². The Balaban J connectivity index is 2.45. The first-order valence-electron chi connectivity index (χ1n) is 5.86. The molecule has 18 heavy (non-hydrogen) atoms. The lowest BCUT2D eigenvalue weighted by Crippen LogP contribution is -2.22. The smallest absolute Gasteiger partial charge is 0.125 e. The quantitative estimate of drug-likeness (QED) is 0.913. The second-order valence-electron chi connectivity index (χ2n) is 3.89. The second kappa shape index (κ2) is 6.07. The third kappa shape index (κ3) is 2.76. The van der Waals surface area contributed by atoms with Crippen molar-refractivity contribution in [1.29, 1.82) is 0 Å². The largest absolute Gasteiger partial charge is 0.496 e. The lowest BCUT2D eigenvalue weighted by atomic mass is 10.0. The first kappa shape index (κ1) is 13.2. The van der Waals surface area contributed by atoms with Crippen LogP contribution in [0.1, 0.15) is 24.3 Å². The Morgan fingerprint density at radius 3 is 2.83 bits per heavy atom. The fraction of sp³-hybridized carbons (Fsp3) is 0.286. The molecule has 2 rings (SSSR count). The van der Waals surface area contributed by atoms with Gasteiger partial charge >= 0.3 is 0 Å². The van der Waals surface area contributed by atoms with E-state index in [1.54, 1.807) is 13.4 Å². The van der Waals surface area contributed by atoms with Crippen molar-refractivity contribution in [3.8, 4) is 5.75 Å². The predicted octanol–water partition coefficient (Wildman–Crippen LogP) is 3.75. The van der Waals surface area contributed by atoms with E-state index in [9.17, 15) is 0 Å². The van der Waals surface area contributed by atoms with Gasteiger partial charge in [-0.05, 0) is 36.9 Å². The summed E-state index contributed by atoms with van der Waals surface area (Å²) in [7, 11) is 1.68. The number of halogens is 1. The zero-order valence-corrected chi connectivity index (χ0v) is 12.0. The SMILES string of the molecule is CCNC(c1ccco1)c1cc(Br)ccc1OC. The van der Waals surface area contributed by atoms with E-state index in [2.05, 4.69) is 34.2 Å². The van der Waals surface area contributed by atoms with Crippen LogP contribution in [0.15, 0.2) is 45.5 Å². The fourth-order valence-corrected chi connectivity index (χ4v) is 2.33. The predicted molar refractivity (Wildman–Crippen MR) is 74.9 cm³/mol. The van der Waals surface area contributed by atoms with Gasteiger partial charge in [-0.2, -0.15) is 0 Å². The molecule has 0 bridgehead atoms. The van der Waals surface area contributed by atoms with Crippen molar-refractivity contribution in [3.05, 3.63) is 52.4 Å². The average Bonchev–Trinajstić information content (AvgIpc) is 2.89. The molecule has 0 amide bonds. The Kier molecular flexibility index (Phi) is 4.44. The molecule has 0 aliphatic heterocycles. The normalized spacial score (nSPS) is 12.4. The van der Waals surface area contributed by atoms with E-state index in [1.165, 1.54) is 0 Å². The van der Waals surface area contributed by atoms with Gasteiger partial charge < -0.3 is 14.5 Å². The molecule has 1 aromatic carbocycles. The summed E-state index contributed by atoms with van der Waals surface area (Å²) in [6.45, 7) is 2.92. The lowest BCUT2D eigenvalue weighted by molar-refractivity contribution is 0.393. The maximum Gasteiger partial charge on any atom is 0.125 e. The molecule has 1 unspecified atom stereocenters. The van der Waals surface area contributed by atoms with Crippen molar-refractivity contribution in [2.75, 3.05) is 13.7 Å². The van der Waals surface area contributed by atoms with Gasteiger partial charge in [0.15, 0.2) is 0 Å². The molecule has 0 spiro atoms. The molecule has 0 fully saturated rings. The maximum absolute atomic E-state index is 5.51. The molecule has 0 aliphatic rings. The number of nitrogens with one attached hydrogen (secondary N) is 1. The molecule has 0 aliphatic carbocycles. The minimum atomic E-state index is -0.00236. The van der Waals surface area contributed by atoms with E-state index in [0.29, 0.717) is 0 Å². The molecular formula is C14H16BrNO2. The van der Waals surface area contributed by atoms with Crippen LogP contribution in [-0.2, 0) is 0 Å². The highest BCUT2D eigenvalue weighted by atomic mass is 79.9. The van der Waals surface area contributed by atoms with Crippen molar-refractivity contribution in [2.45, 2.75) is 13.0 Å². The third-order valence-corrected chi connectivity index (χ3v) is 3.23. The summed E-state index contributed by atoms with van der Waals surface area (Å²) in [4.78, 5) is 0. The van der Waals surface area contributed by atoms with E-state index >= 15 is 0 Å². The van der Waals surface area contributed by atoms with Crippen LogP contribution in [0.25, 0.3) is 0 Å². The molecule has 96 valence electrons. The molecule has 2 aromatic rings. The Labute approximate surface area is 115 Å². The van der Waals surface area contributed by atoms with Gasteiger partial charge in [-0.1, -0.05) is 22.9 Å². The zero-order chi connectivity index (χ0) is 13.0. The van der Waals surface area contributed by atoms with Crippen molar-refractivity contribution in [2.24, 2.45) is 0 Å². The number of rotatable bonds is 5. The summed E-state index contributed by atoms with van der Waals surface area (Å²) in [5.74, 6) is 1.73. The highest BCUT2D eigenvalue weighted by Gasteiger charge is 2.19. The van der Waals surface area contributed by atoms with Gasteiger partial charge in [0.25, 0.3) is 0 Å². The Morgan fingerprint density at radius 1 is 1.39 bits per heavy atom. The zero-order valence-electron chi connectivity index (χ0n) is 10.4. The molecular weight excluding hydrogens is 294 g/mol. The van der Waals surface area contributed by atoms with E-state index in [-0.39, 0.29) is 6.04 Å². The second-order valence-corrected chi connectivity index (χ2v) is 4.81. The van der Waals surface area contributed by atoms with Crippen LogP contribution in [0.5, 0.6) is 5.75 Å². The van der Waals surface area contributed by atoms with Crippen molar-refractivity contribution in [3.63, 3.8) is 0 Å². The van der Waals surface area contributed by atoms with E-state index in [0.717, 1.165) is 28.1 Å². The Morgan fingerprint density at radius 2 is 2.22 bits per heavy atom. The summed E-state index contributed by atoms with van der Waals surface area (Å²) >= 11 is 3.49. The van der Waals surface area contributed by atoms with Crippen LogP contribution >= 0.6 is 15.9 Å². The molecule has 1 atom stereocenters. The Hall–Kier alpha value is -1.26. The summed E-state index contributed by atoms with van der Waals surface area (Å²) in [6, 6.07) is 9.82. The Bertz CT molecular complexity index is 497. The molecule has 1 heterocycles. The summed E-state index contributed by atoms with van der Waals surface area (Å²) in [5, 5.41) is 3.41. The first-order valence-corrected chi connectivity index (χ1v) is 6.65. The molecule has 0 radical (unpaired) electrons. The van der Waals surface area contributed by atoms with Crippen LogP contribution < -0.4 is 10.1 Å². The lowest BCUT2D eigenvalue weighted by Gasteiger charge is -2.19. The standard InChI is InChI=1S/C14H16BrNO2/c1-3-16-14(13-5-4-8-18-13)11-9-10(15)6-7-12(11)17-2/h4-9,14,16H,3H2,1-2H3. The monoisotopic (exact) mass is 309 g/mol. The van der Waals surface area contributed by atoms with E-state index < -0.39 is 0 Å². The van der Waals surface area contributed by atoms with Crippen LogP contribution in [-0.4, -0.2) is 13.7 Å². The number of hydrogen-bond acceptors (Lipinski definition) is 3. The first-order chi connectivity index (χ1) is 8.76. The molecule has 3 nitrogen and oxygen atoms in total. The third-order valence-electron chi connectivity index (χ3n) is 2.74. The van der Waals surface area contributed by atoms with Gasteiger partial charge in [0.2, 0.25) is 0 Å². The van der Waals surface area contributed by atoms with Crippen molar-refractivity contribution >= 4 is 15.9 Å². The highest BCUT2D eigenvalue weighted by Crippen LogP contribution is 2.32. The molecule has 0 saturated heterocycles. The van der Waals surface area contributed by atoms with Gasteiger partial charge in [-0.15, -0.1) is 0 Å². The van der Waals surface area contributed by atoms with E-state index in [4.69, 9.17) is 9.15 Å². The number of furan rings is 1. The number of methoxy groups -OCH3 is 1. The van der Waals surface area contributed by atoms with Gasteiger partial charge in [0.05, 0.1) is 19.4 Å². The van der Waals surface area contributed by atoms with Gasteiger partial charge in [-0.25, -0.2) is 0 Å². The molecule has 1 N–H and O–H groups in total. The van der Waals surface area contributed by atoms with Crippen LogP contribution in [0.2, 0.25) is 0 Å². The summed E-state index contributed by atoms with van der Waals surface area (Å²) in [5.41, 5.74) is 1.06. The topological polar surface area (TPSA) is 34.4 Å².